The van der Waals surface area contributed by atoms with E-state index < -0.39 is 45.1 Å². The Bertz CT molecular complexity index is 864. The third-order valence-corrected chi connectivity index (χ3v) is 4.64. The maximum absolute atomic E-state index is 13.7. The lowest BCUT2D eigenvalue weighted by atomic mass is 10.2. The second kappa shape index (κ2) is 7.02. The summed E-state index contributed by atoms with van der Waals surface area (Å²) in [4.78, 5) is 11.0. The summed E-state index contributed by atoms with van der Waals surface area (Å²) in [5.74, 6) is -10.1. The van der Waals surface area contributed by atoms with Crippen molar-refractivity contribution >= 4 is 23.4 Å². The first kappa shape index (κ1) is 18.3. The molecule has 0 bridgehead atoms. The maximum atomic E-state index is 13.7. The molecule has 4 nitrogen and oxygen atoms in total. The fourth-order valence-corrected chi connectivity index (χ4v) is 3.04. The van der Waals surface area contributed by atoms with Crippen molar-refractivity contribution in [2.24, 2.45) is 0 Å². The van der Waals surface area contributed by atoms with Gasteiger partial charge in [-0.15, -0.1) is 11.8 Å². The molecule has 0 radical (unpaired) electrons. The molecule has 1 aliphatic heterocycles. The fourth-order valence-electron chi connectivity index (χ4n) is 2.14. The number of nitrogens with one attached hydrogen (secondary N) is 1. The lowest BCUT2D eigenvalue weighted by molar-refractivity contribution is -0.115. The van der Waals surface area contributed by atoms with E-state index in [0.29, 0.717) is 17.2 Å². The van der Waals surface area contributed by atoms with Crippen molar-refractivity contribution in [1.82, 2.24) is 0 Å². The molecule has 2 aromatic carbocycles. The highest BCUT2D eigenvalue weighted by Gasteiger charge is 2.28. The summed E-state index contributed by atoms with van der Waals surface area (Å²) in [6, 6.07) is 4.55. The highest BCUT2D eigenvalue weighted by Crippen LogP contribution is 2.36. The minimum Gasteiger partial charge on any atom is -0.454 e. The summed E-state index contributed by atoms with van der Waals surface area (Å²) in [5, 5.41) is 1.32. The molecule has 0 saturated heterocycles. The van der Waals surface area contributed by atoms with Crippen LogP contribution >= 0.6 is 11.8 Å². The Labute approximate surface area is 148 Å². The van der Waals surface area contributed by atoms with Crippen LogP contribution in [-0.4, -0.2) is 18.0 Å². The normalized spacial score (nSPS) is 13.6. The Morgan fingerprint density at radius 1 is 1.00 bits per heavy atom. The fraction of sp³-hybridized carbons (Fsp3) is 0.188. The molecule has 0 fully saturated rings. The first-order valence-electron chi connectivity index (χ1n) is 7.18. The predicted octanol–water partition coefficient (Wildman–Crippen LogP) is 4.23. The van der Waals surface area contributed by atoms with Crippen LogP contribution in [0, 0.1) is 29.1 Å². The third kappa shape index (κ3) is 3.28. The highest BCUT2D eigenvalue weighted by molar-refractivity contribution is 8.00. The third-order valence-electron chi connectivity index (χ3n) is 3.47. The zero-order valence-electron chi connectivity index (χ0n) is 13.0. The van der Waals surface area contributed by atoms with Gasteiger partial charge in [0.1, 0.15) is 0 Å². The van der Waals surface area contributed by atoms with Crippen molar-refractivity contribution in [1.29, 1.82) is 0 Å². The lowest BCUT2D eigenvalue weighted by Crippen LogP contribution is -2.23. The first-order chi connectivity index (χ1) is 12.3. The minimum atomic E-state index is -2.25. The van der Waals surface area contributed by atoms with Crippen LogP contribution in [0.15, 0.2) is 23.1 Å². The Morgan fingerprint density at radius 3 is 2.23 bits per heavy atom. The molecule has 1 heterocycles. The van der Waals surface area contributed by atoms with E-state index in [1.54, 1.807) is 6.07 Å². The molecule has 0 aromatic heterocycles. The zero-order valence-corrected chi connectivity index (χ0v) is 13.9. The number of carbonyl (C=O) groups excluding carboxylic acids is 1. The molecular formula is C16H10F5NO3S. The number of anilines is 1. The van der Waals surface area contributed by atoms with E-state index >= 15 is 0 Å². The molecule has 26 heavy (non-hydrogen) atoms. The molecule has 2 aromatic rings. The number of thioether (sulfide) groups is 1. The minimum absolute atomic E-state index is 0.0409. The summed E-state index contributed by atoms with van der Waals surface area (Å²) < 4.78 is 77.2. The lowest BCUT2D eigenvalue weighted by Gasteiger charge is -2.14. The number of hydrogen-bond acceptors (Lipinski definition) is 4. The number of benzene rings is 2. The smallest absolute Gasteiger partial charge is 0.237 e. The maximum Gasteiger partial charge on any atom is 0.237 e. The van der Waals surface area contributed by atoms with Gasteiger partial charge in [-0.3, -0.25) is 4.79 Å². The van der Waals surface area contributed by atoms with E-state index in [1.165, 1.54) is 19.1 Å². The number of hydrogen-bond donors (Lipinski definition) is 1. The Kier molecular flexibility index (Phi) is 4.94. The van der Waals surface area contributed by atoms with E-state index in [1.807, 2.05) is 0 Å². The van der Waals surface area contributed by atoms with Crippen molar-refractivity contribution < 1.29 is 36.2 Å². The molecule has 0 saturated carbocycles. The zero-order chi connectivity index (χ0) is 19.0. The van der Waals surface area contributed by atoms with E-state index in [-0.39, 0.29) is 18.6 Å². The number of ether oxygens (including phenoxy) is 2. The van der Waals surface area contributed by atoms with Crippen LogP contribution in [0.5, 0.6) is 11.5 Å². The van der Waals surface area contributed by atoms with Gasteiger partial charge in [0.25, 0.3) is 0 Å². The molecule has 1 amide bonds. The summed E-state index contributed by atoms with van der Waals surface area (Å²) in [5.41, 5.74) is 0.323. The average molecular weight is 391 g/mol. The first-order valence-corrected chi connectivity index (χ1v) is 8.06. The van der Waals surface area contributed by atoms with E-state index in [2.05, 4.69) is 5.32 Å². The van der Waals surface area contributed by atoms with Crippen molar-refractivity contribution in [3.05, 3.63) is 47.3 Å². The topological polar surface area (TPSA) is 47.6 Å². The number of rotatable bonds is 4. The van der Waals surface area contributed by atoms with Crippen LogP contribution < -0.4 is 14.8 Å². The van der Waals surface area contributed by atoms with Gasteiger partial charge in [0.15, 0.2) is 34.8 Å². The van der Waals surface area contributed by atoms with Crippen LogP contribution in [0.2, 0.25) is 0 Å². The predicted molar refractivity (Wildman–Crippen MR) is 82.7 cm³/mol. The number of halogens is 5. The van der Waals surface area contributed by atoms with Crippen molar-refractivity contribution in [3.63, 3.8) is 0 Å². The number of amides is 1. The summed E-state index contributed by atoms with van der Waals surface area (Å²) in [6.45, 7) is 1.31. The van der Waals surface area contributed by atoms with E-state index in [0.717, 1.165) is 0 Å². The van der Waals surface area contributed by atoms with Gasteiger partial charge in [-0.25, -0.2) is 22.0 Å². The molecule has 0 aliphatic carbocycles. The van der Waals surface area contributed by atoms with Gasteiger partial charge in [-0.05, 0) is 19.1 Å². The summed E-state index contributed by atoms with van der Waals surface area (Å²) >= 11 is 0.222. The molecule has 138 valence electrons. The van der Waals surface area contributed by atoms with Crippen LogP contribution in [-0.2, 0) is 4.79 Å². The number of carbonyl (C=O) groups is 1. The van der Waals surface area contributed by atoms with Gasteiger partial charge >= 0.3 is 0 Å². The molecule has 1 atom stereocenters. The SMILES string of the molecule is C[C@H](Sc1c(F)c(F)c(F)c(F)c1F)C(=O)Nc1ccc2c(c1)OCO2. The van der Waals surface area contributed by atoms with Crippen LogP contribution in [0.25, 0.3) is 0 Å². The average Bonchev–Trinajstić information content (AvgIpc) is 3.09. The number of fused-ring (bicyclic) bond motifs is 1. The standard InChI is InChI=1S/C16H10F5NO3S/c1-6(26-15-13(20)11(18)10(17)12(19)14(15)21)16(23)22-7-2-3-8-9(4-7)25-5-24-8/h2-4,6H,5H2,1H3,(H,22,23)/t6-/m0/s1. The van der Waals surface area contributed by atoms with Crippen LogP contribution in [0.3, 0.4) is 0 Å². The van der Waals surface area contributed by atoms with Crippen molar-refractivity contribution in [3.8, 4) is 11.5 Å². The van der Waals surface area contributed by atoms with Crippen molar-refractivity contribution in [2.45, 2.75) is 17.1 Å². The van der Waals surface area contributed by atoms with Gasteiger partial charge in [-0.1, -0.05) is 0 Å². The molecule has 1 N–H and O–H groups in total. The molecule has 0 unspecified atom stereocenters. The Balaban J connectivity index is 1.76. The Hall–Kier alpha value is -2.49. The quantitative estimate of drug-likeness (QED) is 0.367. The molecule has 10 heteroatoms. The second-order valence-corrected chi connectivity index (χ2v) is 6.57. The molecule has 3 rings (SSSR count). The largest absolute Gasteiger partial charge is 0.454 e. The van der Waals surface area contributed by atoms with E-state index in [4.69, 9.17) is 9.47 Å². The molecular weight excluding hydrogens is 381 g/mol. The Morgan fingerprint density at radius 2 is 1.58 bits per heavy atom. The van der Waals surface area contributed by atoms with Gasteiger partial charge < -0.3 is 14.8 Å². The van der Waals surface area contributed by atoms with Gasteiger partial charge in [-0.2, -0.15) is 0 Å². The molecule has 0 spiro atoms. The second-order valence-electron chi connectivity index (χ2n) is 5.22. The summed E-state index contributed by atoms with van der Waals surface area (Å²) in [7, 11) is 0. The van der Waals surface area contributed by atoms with Crippen LogP contribution in [0.4, 0.5) is 27.6 Å². The van der Waals surface area contributed by atoms with E-state index in [9.17, 15) is 26.7 Å². The van der Waals surface area contributed by atoms with Crippen molar-refractivity contribution in [2.75, 3.05) is 12.1 Å². The van der Waals surface area contributed by atoms with Gasteiger partial charge in [0, 0.05) is 11.8 Å². The van der Waals surface area contributed by atoms with Gasteiger partial charge in [0.2, 0.25) is 18.5 Å². The summed E-state index contributed by atoms with van der Waals surface area (Å²) in [6.07, 6.45) is 0. The molecule has 1 aliphatic rings. The highest BCUT2D eigenvalue weighted by atomic mass is 32.2. The van der Waals surface area contributed by atoms with Crippen LogP contribution in [0.1, 0.15) is 6.92 Å². The van der Waals surface area contributed by atoms with Gasteiger partial charge in [0.05, 0.1) is 10.1 Å². The monoisotopic (exact) mass is 391 g/mol.